The van der Waals surface area contributed by atoms with E-state index in [9.17, 15) is 18.3 Å². The molecule has 5 rings (SSSR count). The number of alkyl halides is 3. The van der Waals surface area contributed by atoms with E-state index in [2.05, 4.69) is 19.7 Å². The van der Waals surface area contributed by atoms with Crippen molar-refractivity contribution in [3.63, 3.8) is 0 Å². The lowest BCUT2D eigenvalue weighted by atomic mass is 9.94. The van der Waals surface area contributed by atoms with Gasteiger partial charge in [0.15, 0.2) is 0 Å². The van der Waals surface area contributed by atoms with Gasteiger partial charge in [0.1, 0.15) is 17.4 Å². The van der Waals surface area contributed by atoms with E-state index in [-0.39, 0.29) is 17.6 Å². The number of phenols is 1. The monoisotopic (exact) mass is 496 g/mol. The van der Waals surface area contributed by atoms with Crippen molar-refractivity contribution < 1.29 is 18.3 Å². The van der Waals surface area contributed by atoms with Gasteiger partial charge in [-0.1, -0.05) is 23.2 Å². The van der Waals surface area contributed by atoms with Gasteiger partial charge in [0.25, 0.3) is 0 Å². The fourth-order valence-electron chi connectivity index (χ4n) is 4.90. The van der Waals surface area contributed by atoms with E-state index in [0.29, 0.717) is 28.6 Å². The number of phenolic OH excluding ortho intramolecular Hbond substituents is 1. The first-order valence-corrected chi connectivity index (χ1v) is 11.5. The van der Waals surface area contributed by atoms with Crippen molar-refractivity contribution in [2.75, 3.05) is 18.0 Å². The van der Waals surface area contributed by atoms with E-state index in [4.69, 9.17) is 23.2 Å². The van der Waals surface area contributed by atoms with Gasteiger partial charge in [0.05, 0.1) is 15.6 Å². The first-order valence-electron chi connectivity index (χ1n) is 10.7. The van der Waals surface area contributed by atoms with Crippen LogP contribution in [0.25, 0.3) is 0 Å². The van der Waals surface area contributed by atoms with Crippen LogP contribution in [0.5, 0.6) is 5.75 Å². The third-order valence-corrected chi connectivity index (χ3v) is 7.44. The molecule has 0 radical (unpaired) electrons. The zero-order valence-corrected chi connectivity index (χ0v) is 19.0. The zero-order valence-electron chi connectivity index (χ0n) is 17.5. The average Bonchev–Trinajstić information content (AvgIpc) is 3.37. The molecule has 3 heterocycles. The minimum absolute atomic E-state index is 0.0345. The van der Waals surface area contributed by atoms with Crippen molar-refractivity contribution >= 4 is 28.9 Å². The summed E-state index contributed by atoms with van der Waals surface area (Å²) in [6.07, 6.45) is -2.06. The number of rotatable bonds is 3. The van der Waals surface area contributed by atoms with Gasteiger partial charge in [-0.3, -0.25) is 0 Å². The van der Waals surface area contributed by atoms with Crippen LogP contribution in [0.1, 0.15) is 47.5 Å². The first kappa shape index (κ1) is 22.3. The molecule has 2 aliphatic heterocycles. The Morgan fingerprint density at radius 3 is 2.30 bits per heavy atom. The van der Waals surface area contributed by atoms with Crippen molar-refractivity contribution in [1.82, 2.24) is 14.8 Å². The van der Waals surface area contributed by atoms with Crippen LogP contribution in [0.2, 0.25) is 10.0 Å². The third-order valence-electron chi connectivity index (χ3n) is 6.63. The van der Waals surface area contributed by atoms with Crippen molar-refractivity contribution in [1.29, 1.82) is 0 Å². The number of nitrogens with zero attached hydrogens (tertiary/aromatic N) is 4. The molecule has 1 fully saturated rings. The Morgan fingerprint density at radius 1 is 0.939 bits per heavy atom. The van der Waals surface area contributed by atoms with Crippen LogP contribution in [0.15, 0.2) is 36.4 Å². The van der Waals surface area contributed by atoms with Crippen LogP contribution in [0.3, 0.4) is 0 Å². The molecule has 5 nitrogen and oxygen atoms in total. The molecule has 174 valence electrons. The molecule has 0 spiro atoms. The molecule has 33 heavy (non-hydrogen) atoms. The van der Waals surface area contributed by atoms with Crippen molar-refractivity contribution in [2.45, 2.75) is 43.8 Å². The molecule has 2 aliphatic rings. The number of anilines is 1. The maximum absolute atomic E-state index is 12.8. The van der Waals surface area contributed by atoms with E-state index in [1.807, 2.05) is 0 Å². The van der Waals surface area contributed by atoms with E-state index in [1.54, 1.807) is 12.1 Å². The second-order valence-electron chi connectivity index (χ2n) is 8.59. The van der Waals surface area contributed by atoms with Gasteiger partial charge >= 0.3 is 6.18 Å². The van der Waals surface area contributed by atoms with Gasteiger partial charge < -0.3 is 14.6 Å². The SMILES string of the molecule is Oc1ccc(Cl)c(Cl)c1C1Cc2nnc(C3CCN(c4ccc(C(F)(F)F)cc4)CC3)n2C1. The number of benzene rings is 2. The Morgan fingerprint density at radius 2 is 1.64 bits per heavy atom. The molecule has 1 N–H and O–H groups in total. The zero-order chi connectivity index (χ0) is 23.3. The number of halogens is 5. The molecule has 0 amide bonds. The molecular formula is C23H21Cl2F3N4O. The standard InChI is InChI=1S/C23H21Cl2F3N4O/c24-17-5-6-18(33)20(21(17)25)14-11-19-29-30-22(32(19)12-14)13-7-9-31(10-8-13)16-3-1-15(2-4-16)23(26,27)28/h1-6,13-14,33H,7-12H2. The number of hydrogen-bond acceptors (Lipinski definition) is 4. The lowest BCUT2D eigenvalue weighted by Gasteiger charge is -2.33. The molecule has 10 heteroatoms. The van der Waals surface area contributed by atoms with Crippen molar-refractivity contribution in [2.24, 2.45) is 0 Å². The highest BCUT2D eigenvalue weighted by Gasteiger charge is 2.34. The maximum Gasteiger partial charge on any atom is 0.416 e. The predicted octanol–water partition coefficient (Wildman–Crippen LogP) is 6.03. The summed E-state index contributed by atoms with van der Waals surface area (Å²) in [6.45, 7) is 2.07. The van der Waals surface area contributed by atoms with Gasteiger partial charge in [-0.05, 0) is 49.2 Å². The lowest BCUT2D eigenvalue weighted by Crippen LogP contribution is -2.33. The summed E-state index contributed by atoms with van der Waals surface area (Å²) in [5, 5.41) is 19.9. The average molecular weight is 497 g/mol. The highest BCUT2D eigenvalue weighted by molar-refractivity contribution is 6.42. The topological polar surface area (TPSA) is 54.2 Å². The minimum atomic E-state index is -4.33. The summed E-state index contributed by atoms with van der Waals surface area (Å²) in [7, 11) is 0. The number of fused-ring (bicyclic) bond motifs is 1. The highest BCUT2D eigenvalue weighted by atomic mass is 35.5. The van der Waals surface area contributed by atoms with E-state index in [1.165, 1.54) is 12.1 Å². The van der Waals surface area contributed by atoms with Crippen LogP contribution in [0.4, 0.5) is 18.9 Å². The number of aromatic hydroxyl groups is 1. The normalized spacial score (nSPS) is 19.2. The first-order chi connectivity index (χ1) is 15.7. The molecule has 3 aromatic rings. The summed E-state index contributed by atoms with van der Waals surface area (Å²) < 4.78 is 40.6. The van der Waals surface area contributed by atoms with Crippen LogP contribution in [-0.2, 0) is 19.1 Å². The summed E-state index contributed by atoms with van der Waals surface area (Å²) >= 11 is 12.5. The number of aromatic nitrogens is 3. The Bertz CT molecular complexity index is 1170. The predicted molar refractivity (Wildman–Crippen MR) is 120 cm³/mol. The highest BCUT2D eigenvalue weighted by Crippen LogP contribution is 2.43. The molecule has 0 saturated carbocycles. The maximum atomic E-state index is 12.8. The summed E-state index contributed by atoms with van der Waals surface area (Å²) in [4.78, 5) is 2.10. The Hall–Kier alpha value is -2.45. The van der Waals surface area contributed by atoms with Crippen LogP contribution in [0, 0.1) is 0 Å². The van der Waals surface area contributed by atoms with Crippen LogP contribution in [-0.4, -0.2) is 33.0 Å². The number of piperidine rings is 1. The molecule has 1 aromatic heterocycles. The molecule has 0 aliphatic carbocycles. The van der Waals surface area contributed by atoms with E-state index in [0.717, 1.165) is 55.4 Å². The summed E-state index contributed by atoms with van der Waals surface area (Å²) in [5.41, 5.74) is 0.789. The van der Waals surface area contributed by atoms with Gasteiger partial charge in [-0.15, -0.1) is 10.2 Å². The van der Waals surface area contributed by atoms with Crippen molar-refractivity contribution in [3.05, 3.63) is 69.2 Å². The van der Waals surface area contributed by atoms with Gasteiger partial charge in [0.2, 0.25) is 0 Å². The second kappa shape index (κ2) is 8.40. The van der Waals surface area contributed by atoms with Gasteiger partial charge in [-0.25, -0.2) is 0 Å². The van der Waals surface area contributed by atoms with Crippen molar-refractivity contribution in [3.8, 4) is 5.75 Å². The van der Waals surface area contributed by atoms with Crippen LogP contribution >= 0.6 is 23.2 Å². The fraction of sp³-hybridized carbons (Fsp3) is 0.391. The lowest BCUT2D eigenvalue weighted by molar-refractivity contribution is -0.137. The third kappa shape index (κ3) is 4.15. The summed E-state index contributed by atoms with van der Waals surface area (Å²) in [6, 6.07) is 8.45. The Kier molecular flexibility index (Phi) is 5.69. The van der Waals surface area contributed by atoms with Gasteiger partial charge in [0, 0.05) is 49.1 Å². The molecular weight excluding hydrogens is 476 g/mol. The molecule has 1 unspecified atom stereocenters. The van der Waals surface area contributed by atoms with Crippen LogP contribution < -0.4 is 4.90 Å². The van der Waals surface area contributed by atoms with E-state index >= 15 is 0 Å². The largest absolute Gasteiger partial charge is 0.508 e. The second-order valence-corrected chi connectivity index (χ2v) is 9.37. The Labute approximate surface area is 198 Å². The molecule has 1 saturated heterocycles. The molecule has 2 aromatic carbocycles. The molecule has 0 bridgehead atoms. The Balaban J connectivity index is 1.28. The quantitative estimate of drug-likeness (QED) is 0.480. The minimum Gasteiger partial charge on any atom is -0.508 e. The molecule has 1 atom stereocenters. The fourth-order valence-corrected chi connectivity index (χ4v) is 5.38. The number of hydrogen-bond donors (Lipinski definition) is 1. The van der Waals surface area contributed by atoms with Gasteiger partial charge in [-0.2, -0.15) is 13.2 Å². The summed E-state index contributed by atoms with van der Waals surface area (Å²) in [5.74, 6) is 2.07. The van der Waals surface area contributed by atoms with E-state index < -0.39 is 11.7 Å². The smallest absolute Gasteiger partial charge is 0.416 e.